The Labute approximate surface area is 220 Å². The molecule has 0 bridgehead atoms. The highest BCUT2D eigenvalue weighted by Gasteiger charge is 2.29. The van der Waals surface area contributed by atoms with E-state index in [0.717, 1.165) is 0 Å². The van der Waals surface area contributed by atoms with Crippen LogP contribution in [0.25, 0.3) is 0 Å². The molecule has 0 fully saturated rings. The Bertz CT molecular complexity index is 1220. The zero-order chi connectivity index (χ0) is 27.5. The summed E-state index contributed by atoms with van der Waals surface area (Å²) in [5.74, 6) is -0.894. The minimum Gasteiger partial charge on any atom is -0.493 e. The van der Waals surface area contributed by atoms with Crippen molar-refractivity contribution in [3.05, 3.63) is 78.6 Å². The first-order valence-electron chi connectivity index (χ1n) is 11.9. The Morgan fingerprint density at radius 2 is 1.55 bits per heavy atom. The molecule has 0 aliphatic carbocycles. The minimum absolute atomic E-state index is 0.105. The van der Waals surface area contributed by atoms with Crippen molar-refractivity contribution in [1.29, 1.82) is 0 Å². The number of aromatic nitrogens is 1. The zero-order valence-electron chi connectivity index (χ0n) is 21.6. The van der Waals surface area contributed by atoms with Gasteiger partial charge in [-0.2, -0.15) is 0 Å². The zero-order valence-corrected chi connectivity index (χ0v) is 21.6. The topological polar surface area (TPSA) is 122 Å². The molecule has 38 heavy (non-hydrogen) atoms. The van der Waals surface area contributed by atoms with Crippen LogP contribution in [0, 0.1) is 0 Å². The predicted molar refractivity (Wildman–Crippen MR) is 137 cm³/mol. The number of rotatable bonds is 12. The van der Waals surface area contributed by atoms with E-state index in [2.05, 4.69) is 10.3 Å². The van der Waals surface area contributed by atoms with E-state index in [4.69, 9.17) is 23.7 Å². The monoisotopic (exact) mass is 522 g/mol. The number of hydrogen-bond acceptors (Lipinski definition) is 9. The number of ether oxygens (including phenoxy) is 5. The lowest BCUT2D eigenvalue weighted by atomic mass is 10.2. The van der Waals surface area contributed by atoms with Crippen LogP contribution in [0.4, 0.5) is 0 Å². The van der Waals surface area contributed by atoms with Crippen LogP contribution in [0.2, 0.25) is 0 Å². The largest absolute Gasteiger partial charge is 0.493 e. The second-order valence-corrected chi connectivity index (χ2v) is 8.22. The Morgan fingerprint density at radius 3 is 2.16 bits per heavy atom. The van der Waals surface area contributed by atoms with Crippen molar-refractivity contribution in [2.75, 3.05) is 13.7 Å². The van der Waals surface area contributed by atoms with Crippen LogP contribution >= 0.6 is 0 Å². The first kappa shape index (κ1) is 28.0. The molecular formula is C28H30N2O8. The maximum Gasteiger partial charge on any atom is 0.328 e. The van der Waals surface area contributed by atoms with E-state index < -0.39 is 36.1 Å². The summed E-state index contributed by atoms with van der Waals surface area (Å²) in [7, 11) is 1.36. The highest BCUT2D eigenvalue weighted by atomic mass is 16.6. The third-order valence-corrected chi connectivity index (χ3v) is 5.26. The average molecular weight is 523 g/mol. The summed E-state index contributed by atoms with van der Waals surface area (Å²) in [6.45, 7) is 4.43. The summed E-state index contributed by atoms with van der Waals surface area (Å²) >= 11 is 0. The highest BCUT2D eigenvalue weighted by Crippen LogP contribution is 2.29. The molecule has 0 spiro atoms. The molecule has 10 heteroatoms. The van der Waals surface area contributed by atoms with Crippen molar-refractivity contribution in [2.45, 2.75) is 39.0 Å². The molecule has 1 aromatic heterocycles. The lowest BCUT2D eigenvalue weighted by Crippen LogP contribution is -2.44. The van der Waals surface area contributed by atoms with Crippen LogP contribution in [0.1, 0.15) is 31.3 Å². The number of amides is 1. The van der Waals surface area contributed by atoms with Crippen molar-refractivity contribution in [3.63, 3.8) is 0 Å². The van der Waals surface area contributed by atoms with Gasteiger partial charge in [0.1, 0.15) is 30.3 Å². The third kappa shape index (κ3) is 7.95. The molecule has 2 aromatic carbocycles. The molecule has 0 radical (unpaired) electrons. The number of hydrogen-bond donors (Lipinski definition) is 1. The smallest absolute Gasteiger partial charge is 0.328 e. The molecule has 3 atom stereocenters. The fourth-order valence-corrected chi connectivity index (χ4v) is 3.31. The maximum absolute atomic E-state index is 12.9. The first-order valence-corrected chi connectivity index (χ1v) is 11.9. The second kappa shape index (κ2) is 13.6. The van der Waals surface area contributed by atoms with E-state index in [0.29, 0.717) is 11.5 Å². The Hall–Kier alpha value is -4.60. The van der Waals surface area contributed by atoms with Crippen LogP contribution in [-0.4, -0.2) is 54.8 Å². The Morgan fingerprint density at radius 1 is 0.921 bits per heavy atom. The molecule has 0 saturated carbocycles. The van der Waals surface area contributed by atoms with E-state index in [-0.39, 0.29) is 23.8 Å². The minimum atomic E-state index is -1.06. The standard InChI is InChI=1S/C28H30N2O8/c1-18(30-27(32)25-26(37-20(3)31)23(34-4)15-16-29-25)28(33)36-19(2)24(38-22-13-9-6-10-14-22)17-35-21-11-7-5-8-12-21/h5-16,18-19,24H,17H2,1-4H3,(H,30,32)/t18-,19-,24+/m0/s1. The molecular weight excluding hydrogens is 492 g/mol. The quantitative estimate of drug-likeness (QED) is 0.356. The van der Waals surface area contributed by atoms with Gasteiger partial charge in [0.2, 0.25) is 5.75 Å². The van der Waals surface area contributed by atoms with Gasteiger partial charge in [0, 0.05) is 19.2 Å². The van der Waals surface area contributed by atoms with Gasteiger partial charge in [-0.1, -0.05) is 36.4 Å². The van der Waals surface area contributed by atoms with Gasteiger partial charge >= 0.3 is 11.9 Å². The second-order valence-electron chi connectivity index (χ2n) is 8.22. The van der Waals surface area contributed by atoms with Gasteiger partial charge in [-0.25, -0.2) is 9.78 Å². The van der Waals surface area contributed by atoms with Gasteiger partial charge < -0.3 is 29.0 Å². The van der Waals surface area contributed by atoms with Crippen molar-refractivity contribution in [2.24, 2.45) is 0 Å². The summed E-state index contributed by atoms with van der Waals surface area (Å²) in [6, 6.07) is 18.7. The van der Waals surface area contributed by atoms with E-state index in [1.165, 1.54) is 33.2 Å². The summed E-state index contributed by atoms with van der Waals surface area (Å²) in [5.41, 5.74) is -0.214. The van der Waals surface area contributed by atoms with Crippen molar-refractivity contribution in [1.82, 2.24) is 10.3 Å². The number of pyridine rings is 1. The molecule has 0 unspecified atom stereocenters. The number of para-hydroxylation sites is 2. The number of carbonyl (C=O) groups excluding carboxylic acids is 3. The highest BCUT2D eigenvalue weighted by molar-refractivity contribution is 5.98. The van der Waals surface area contributed by atoms with Gasteiger partial charge in [-0.05, 0) is 38.1 Å². The van der Waals surface area contributed by atoms with Crippen molar-refractivity contribution >= 4 is 17.8 Å². The number of esters is 2. The fraction of sp³-hybridized carbons (Fsp3) is 0.286. The van der Waals surface area contributed by atoms with Gasteiger partial charge in [0.15, 0.2) is 17.5 Å². The number of carbonyl (C=O) groups is 3. The Balaban J connectivity index is 1.67. The lowest BCUT2D eigenvalue weighted by molar-refractivity contribution is -0.155. The van der Waals surface area contributed by atoms with E-state index in [1.54, 1.807) is 19.1 Å². The van der Waals surface area contributed by atoms with Gasteiger partial charge in [0.05, 0.1) is 7.11 Å². The van der Waals surface area contributed by atoms with Crippen LogP contribution in [0.3, 0.4) is 0 Å². The number of nitrogens with one attached hydrogen (secondary N) is 1. The van der Waals surface area contributed by atoms with Crippen LogP contribution in [-0.2, 0) is 14.3 Å². The molecule has 10 nitrogen and oxygen atoms in total. The number of nitrogens with zero attached hydrogens (tertiary/aromatic N) is 1. The summed E-state index contributed by atoms with van der Waals surface area (Å²) in [6.07, 6.45) is -0.0678. The van der Waals surface area contributed by atoms with Gasteiger partial charge in [-0.3, -0.25) is 9.59 Å². The van der Waals surface area contributed by atoms with Crippen molar-refractivity contribution in [3.8, 4) is 23.0 Å². The van der Waals surface area contributed by atoms with Crippen LogP contribution in [0.15, 0.2) is 72.9 Å². The van der Waals surface area contributed by atoms with Gasteiger partial charge in [0.25, 0.3) is 5.91 Å². The molecule has 0 aliphatic heterocycles. The maximum atomic E-state index is 12.9. The third-order valence-electron chi connectivity index (χ3n) is 5.26. The van der Waals surface area contributed by atoms with Crippen LogP contribution in [0.5, 0.6) is 23.0 Å². The SMILES string of the molecule is COc1ccnc(C(=O)N[C@@H](C)C(=O)O[C@@H](C)[C@@H](COc2ccccc2)Oc2ccccc2)c1OC(C)=O. The molecule has 1 amide bonds. The van der Waals surface area contributed by atoms with E-state index >= 15 is 0 Å². The fourth-order valence-electron chi connectivity index (χ4n) is 3.31. The first-order chi connectivity index (χ1) is 18.3. The molecule has 1 N–H and O–H groups in total. The number of methoxy groups -OCH3 is 1. The molecule has 1 heterocycles. The van der Waals surface area contributed by atoms with Crippen molar-refractivity contribution < 1.29 is 38.1 Å². The molecule has 3 aromatic rings. The molecule has 0 saturated heterocycles. The molecule has 0 aliphatic rings. The predicted octanol–water partition coefficient (Wildman–Crippen LogP) is 3.59. The lowest BCUT2D eigenvalue weighted by Gasteiger charge is -2.26. The van der Waals surface area contributed by atoms with Gasteiger partial charge in [-0.15, -0.1) is 0 Å². The Kier molecular flexibility index (Phi) is 10.0. The normalized spacial score (nSPS) is 12.8. The van der Waals surface area contributed by atoms with E-state index in [9.17, 15) is 14.4 Å². The molecule has 200 valence electrons. The molecule has 3 rings (SSSR count). The average Bonchev–Trinajstić information content (AvgIpc) is 2.91. The summed E-state index contributed by atoms with van der Waals surface area (Å²) in [5, 5.41) is 2.52. The number of benzene rings is 2. The summed E-state index contributed by atoms with van der Waals surface area (Å²) < 4.78 is 27.8. The van der Waals surface area contributed by atoms with Crippen LogP contribution < -0.4 is 24.3 Å². The van der Waals surface area contributed by atoms with E-state index in [1.807, 2.05) is 48.5 Å². The summed E-state index contributed by atoms with van der Waals surface area (Å²) in [4.78, 5) is 41.2.